The van der Waals surface area contributed by atoms with E-state index in [-0.39, 0.29) is 5.91 Å². The number of fused-ring (bicyclic) bond motifs is 1. The summed E-state index contributed by atoms with van der Waals surface area (Å²) in [6, 6.07) is 10.1. The number of anilines is 1. The molecule has 0 bridgehead atoms. The Bertz CT molecular complexity index is 1080. The van der Waals surface area contributed by atoms with Crippen LogP contribution in [0.25, 0.3) is 16.9 Å². The SMILES string of the molecule is CCc1ccc(-c2csc(NC(=O)c3c(C)nn4cccnc34)n2)cc1. The molecule has 0 fully saturated rings. The highest BCUT2D eigenvalue weighted by Gasteiger charge is 2.19. The molecule has 0 atom stereocenters. The fourth-order valence-electron chi connectivity index (χ4n) is 2.80. The van der Waals surface area contributed by atoms with Gasteiger partial charge in [0.05, 0.1) is 11.4 Å². The van der Waals surface area contributed by atoms with Crippen LogP contribution >= 0.6 is 11.3 Å². The quantitative estimate of drug-likeness (QED) is 0.595. The fraction of sp³-hybridized carbons (Fsp3) is 0.158. The number of hydrogen-bond donors (Lipinski definition) is 1. The van der Waals surface area contributed by atoms with Gasteiger partial charge in [0.25, 0.3) is 5.91 Å². The van der Waals surface area contributed by atoms with Gasteiger partial charge in [-0.15, -0.1) is 11.3 Å². The van der Waals surface area contributed by atoms with E-state index in [1.807, 2.05) is 5.38 Å². The summed E-state index contributed by atoms with van der Waals surface area (Å²) < 4.78 is 1.60. The maximum absolute atomic E-state index is 12.7. The average molecular weight is 363 g/mol. The Morgan fingerprint density at radius 1 is 1.27 bits per heavy atom. The van der Waals surface area contributed by atoms with Gasteiger partial charge in [-0.25, -0.2) is 14.5 Å². The number of nitrogens with one attached hydrogen (secondary N) is 1. The molecule has 0 spiro atoms. The summed E-state index contributed by atoms with van der Waals surface area (Å²) in [5.41, 5.74) is 4.81. The van der Waals surface area contributed by atoms with E-state index in [4.69, 9.17) is 0 Å². The first-order valence-corrected chi connectivity index (χ1v) is 9.20. The lowest BCUT2D eigenvalue weighted by Crippen LogP contribution is -2.13. The number of thiazole rings is 1. The second kappa shape index (κ2) is 6.68. The number of carbonyl (C=O) groups excluding carboxylic acids is 1. The van der Waals surface area contributed by atoms with Crippen LogP contribution in [0.3, 0.4) is 0 Å². The molecule has 1 N–H and O–H groups in total. The third-order valence-corrected chi connectivity index (χ3v) is 4.94. The van der Waals surface area contributed by atoms with Crippen molar-refractivity contribution in [1.82, 2.24) is 19.6 Å². The number of benzene rings is 1. The van der Waals surface area contributed by atoms with Crippen LogP contribution < -0.4 is 5.32 Å². The molecule has 0 aliphatic carbocycles. The minimum Gasteiger partial charge on any atom is -0.298 e. The van der Waals surface area contributed by atoms with Crippen LogP contribution in [-0.2, 0) is 6.42 Å². The van der Waals surface area contributed by atoms with E-state index in [9.17, 15) is 4.79 Å². The summed E-state index contributed by atoms with van der Waals surface area (Å²) in [5.74, 6) is -0.251. The molecule has 4 aromatic rings. The lowest BCUT2D eigenvalue weighted by atomic mass is 10.1. The predicted molar refractivity (Wildman–Crippen MR) is 103 cm³/mol. The van der Waals surface area contributed by atoms with Gasteiger partial charge in [0, 0.05) is 23.3 Å². The first kappa shape index (κ1) is 16.4. The van der Waals surface area contributed by atoms with Gasteiger partial charge in [-0.1, -0.05) is 31.2 Å². The number of carbonyl (C=O) groups is 1. The Morgan fingerprint density at radius 3 is 2.85 bits per heavy atom. The smallest absolute Gasteiger partial charge is 0.263 e. The topological polar surface area (TPSA) is 72.2 Å². The number of amides is 1. The summed E-state index contributed by atoms with van der Waals surface area (Å²) in [4.78, 5) is 21.5. The number of aryl methyl sites for hydroxylation is 2. The zero-order chi connectivity index (χ0) is 18.1. The van der Waals surface area contributed by atoms with E-state index >= 15 is 0 Å². The van der Waals surface area contributed by atoms with Gasteiger partial charge >= 0.3 is 0 Å². The third kappa shape index (κ3) is 2.97. The largest absolute Gasteiger partial charge is 0.298 e. The van der Waals surface area contributed by atoms with Gasteiger partial charge < -0.3 is 0 Å². The summed E-state index contributed by atoms with van der Waals surface area (Å²) in [6.45, 7) is 3.93. The summed E-state index contributed by atoms with van der Waals surface area (Å²) in [6.07, 6.45) is 4.42. The molecule has 1 amide bonds. The van der Waals surface area contributed by atoms with Crippen LogP contribution in [-0.4, -0.2) is 25.5 Å². The Kier molecular flexibility index (Phi) is 4.22. The van der Waals surface area contributed by atoms with Crippen LogP contribution in [0.4, 0.5) is 5.13 Å². The molecule has 0 radical (unpaired) electrons. The lowest BCUT2D eigenvalue weighted by Gasteiger charge is -2.01. The monoisotopic (exact) mass is 363 g/mol. The van der Waals surface area contributed by atoms with Crippen molar-refractivity contribution < 1.29 is 4.79 Å². The molecule has 0 saturated carbocycles. The van der Waals surface area contributed by atoms with E-state index in [1.54, 1.807) is 29.9 Å². The highest BCUT2D eigenvalue weighted by Crippen LogP contribution is 2.26. The summed E-state index contributed by atoms with van der Waals surface area (Å²) in [5, 5.41) is 9.68. The van der Waals surface area contributed by atoms with Gasteiger partial charge in [-0.3, -0.25) is 10.1 Å². The maximum Gasteiger partial charge on any atom is 0.263 e. The highest BCUT2D eigenvalue weighted by atomic mass is 32.1. The van der Waals surface area contributed by atoms with Crippen molar-refractivity contribution >= 4 is 28.0 Å². The normalized spacial score (nSPS) is 11.0. The molecule has 130 valence electrons. The summed E-state index contributed by atoms with van der Waals surface area (Å²) >= 11 is 1.40. The fourth-order valence-corrected chi connectivity index (χ4v) is 3.51. The molecule has 4 rings (SSSR count). The Balaban J connectivity index is 1.58. The van der Waals surface area contributed by atoms with E-state index in [1.165, 1.54) is 16.9 Å². The van der Waals surface area contributed by atoms with Crippen molar-refractivity contribution in [1.29, 1.82) is 0 Å². The van der Waals surface area contributed by atoms with Gasteiger partial charge in [-0.2, -0.15) is 5.10 Å². The van der Waals surface area contributed by atoms with Crippen molar-refractivity contribution in [3.05, 3.63) is 64.9 Å². The molecular weight excluding hydrogens is 346 g/mol. The standard InChI is InChI=1S/C19H17N5OS/c1-3-13-5-7-14(8-6-13)15-11-26-19(21-15)22-18(25)16-12(2)23-24-10-4-9-20-17(16)24/h4-11H,3H2,1-2H3,(H,21,22,25). The molecule has 0 unspecified atom stereocenters. The predicted octanol–water partition coefficient (Wildman–Crippen LogP) is 3.98. The highest BCUT2D eigenvalue weighted by molar-refractivity contribution is 7.14. The Labute approximate surface area is 154 Å². The third-order valence-electron chi connectivity index (χ3n) is 4.18. The van der Waals surface area contributed by atoms with Gasteiger partial charge in [0.1, 0.15) is 5.56 Å². The Hall–Kier alpha value is -3.06. The van der Waals surface area contributed by atoms with Gasteiger partial charge in [0.2, 0.25) is 0 Å². The lowest BCUT2D eigenvalue weighted by molar-refractivity contribution is 0.102. The molecule has 0 aliphatic rings. The second-order valence-electron chi connectivity index (χ2n) is 5.89. The van der Waals surface area contributed by atoms with Crippen LogP contribution in [0.2, 0.25) is 0 Å². The zero-order valence-corrected chi connectivity index (χ0v) is 15.2. The number of rotatable bonds is 4. The Morgan fingerprint density at radius 2 is 2.08 bits per heavy atom. The maximum atomic E-state index is 12.7. The van der Waals surface area contributed by atoms with Crippen molar-refractivity contribution in [3.63, 3.8) is 0 Å². The molecule has 0 aliphatic heterocycles. The first-order chi connectivity index (χ1) is 12.7. The van der Waals surface area contributed by atoms with Crippen LogP contribution in [0.1, 0.15) is 28.5 Å². The van der Waals surface area contributed by atoms with E-state index in [2.05, 4.69) is 51.6 Å². The van der Waals surface area contributed by atoms with Crippen molar-refractivity contribution in [3.8, 4) is 11.3 Å². The number of aromatic nitrogens is 4. The number of nitrogens with zero attached hydrogens (tertiary/aromatic N) is 4. The van der Waals surface area contributed by atoms with Crippen molar-refractivity contribution in [2.24, 2.45) is 0 Å². The van der Waals surface area contributed by atoms with Crippen molar-refractivity contribution in [2.45, 2.75) is 20.3 Å². The zero-order valence-electron chi connectivity index (χ0n) is 14.4. The van der Waals surface area contributed by atoms with Gasteiger partial charge in [-0.05, 0) is 25.0 Å². The average Bonchev–Trinajstić information content (AvgIpc) is 3.25. The molecule has 3 heterocycles. The van der Waals surface area contributed by atoms with E-state index in [0.29, 0.717) is 22.0 Å². The molecule has 3 aromatic heterocycles. The van der Waals surface area contributed by atoms with Crippen molar-refractivity contribution in [2.75, 3.05) is 5.32 Å². The molecule has 26 heavy (non-hydrogen) atoms. The molecule has 0 saturated heterocycles. The summed E-state index contributed by atoms with van der Waals surface area (Å²) in [7, 11) is 0. The van der Waals surface area contributed by atoms with E-state index in [0.717, 1.165) is 17.7 Å². The van der Waals surface area contributed by atoms with E-state index < -0.39 is 0 Å². The molecule has 7 heteroatoms. The second-order valence-corrected chi connectivity index (χ2v) is 6.75. The number of hydrogen-bond acceptors (Lipinski definition) is 5. The molecular formula is C19H17N5OS. The minimum atomic E-state index is -0.251. The van der Waals surface area contributed by atoms with Crippen LogP contribution in [0.5, 0.6) is 0 Å². The molecule has 1 aromatic carbocycles. The van der Waals surface area contributed by atoms with Crippen LogP contribution in [0.15, 0.2) is 48.1 Å². The minimum absolute atomic E-state index is 0.251. The van der Waals surface area contributed by atoms with Crippen LogP contribution in [0, 0.1) is 6.92 Å². The first-order valence-electron chi connectivity index (χ1n) is 8.32. The van der Waals surface area contributed by atoms with Gasteiger partial charge in [0.15, 0.2) is 10.8 Å². The molecule has 6 nitrogen and oxygen atoms in total.